The van der Waals surface area contributed by atoms with Gasteiger partial charge in [0, 0.05) is 0 Å². The molecule has 2 aromatic carbocycles. The van der Waals surface area contributed by atoms with Crippen LogP contribution in [0.15, 0.2) is 58.3 Å². The highest BCUT2D eigenvalue weighted by molar-refractivity contribution is 7.95. The molecule has 0 fully saturated rings. The zero-order chi connectivity index (χ0) is 18.0. The van der Waals surface area contributed by atoms with E-state index in [0.29, 0.717) is 5.56 Å². The van der Waals surface area contributed by atoms with Crippen LogP contribution >= 0.6 is 0 Å². The Labute approximate surface area is 144 Å². The minimum atomic E-state index is -3.80. The molecule has 0 unspecified atom stereocenters. The molecule has 2 aromatic rings. The Morgan fingerprint density at radius 1 is 1.00 bits per heavy atom. The maximum Gasteiger partial charge on any atom is 0.216 e. The van der Waals surface area contributed by atoms with Crippen molar-refractivity contribution in [1.82, 2.24) is 0 Å². The molecule has 2 rings (SSSR count). The van der Waals surface area contributed by atoms with Crippen LogP contribution in [-0.2, 0) is 15.3 Å². The van der Waals surface area contributed by atoms with Crippen molar-refractivity contribution < 1.29 is 8.42 Å². The molecular formula is C20H21NO2S. The molecule has 0 aliphatic heterocycles. The van der Waals surface area contributed by atoms with E-state index in [1.54, 1.807) is 12.1 Å². The summed E-state index contributed by atoms with van der Waals surface area (Å²) in [5.74, 6) is 0. The summed E-state index contributed by atoms with van der Waals surface area (Å²) in [4.78, 5) is -0.123. The quantitative estimate of drug-likeness (QED) is 0.766. The Bertz CT molecular complexity index is 892. The lowest BCUT2D eigenvalue weighted by atomic mass is 9.87. The first-order valence-electron chi connectivity index (χ1n) is 7.69. The van der Waals surface area contributed by atoms with Gasteiger partial charge in [-0.05, 0) is 41.7 Å². The highest BCUT2D eigenvalue weighted by Gasteiger charge is 2.20. The molecule has 0 aromatic heterocycles. The first kappa shape index (κ1) is 18.0. The van der Waals surface area contributed by atoms with E-state index in [1.807, 2.05) is 37.3 Å². The molecule has 0 saturated carbocycles. The van der Waals surface area contributed by atoms with Crippen LogP contribution in [0, 0.1) is 18.3 Å². The standard InChI is InChI=1S/C20H21NO2S/c1-15-5-11-18(12-6-15)24(22,23)19(14-21)13-16-7-9-17(10-8-16)20(2,3)4/h5-13H,1-4H3/b19-13+. The lowest BCUT2D eigenvalue weighted by Crippen LogP contribution is -2.10. The lowest BCUT2D eigenvalue weighted by Gasteiger charge is -2.18. The predicted molar refractivity (Wildman–Crippen MR) is 97.1 cm³/mol. The van der Waals surface area contributed by atoms with Crippen LogP contribution in [0.25, 0.3) is 6.08 Å². The fourth-order valence-electron chi connectivity index (χ4n) is 2.25. The molecule has 0 spiro atoms. The molecule has 0 heterocycles. The monoisotopic (exact) mass is 339 g/mol. The molecule has 3 nitrogen and oxygen atoms in total. The molecule has 0 radical (unpaired) electrons. The lowest BCUT2D eigenvalue weighted by molar-refractivity contribution is 0.590. The van der Waals surface area contributed by atoms with Crippen molar-refractivity contribution in [2.24, 2.45) is 0 Å². The van der Waals surface area contributed by atoms with Crippen LogP contribution in [0.5, 0.6) is 0 Å². The molecule has 0 saturated heterocycles. The van der Waals surface area contributed by atoms with Gasteiger partial charge in [0.1, 0.15) is 11.0 Å². The van der Waals surface area contributed by atoms with Gasteiger partial charge in [0.25, 0.3) is 0 Å². The van der Waals surface area contributed by atoms with Crippen molar-refractivity contribution in [2.45, 2.75) is 38.0 Å². The second-order valence-corrected chi connectivity index (χ2v) is 8.73. The number of sulfone groups is 1. The van der Waals surface area contributed by atoms with E-state index in [2.05, 4.69) is 20.8 Å². The Morgan fingerprint density at radius 3 is 2.00 bits per heavy atom. The fourth-order valence-corrected chi connectivity index (χ4v) is 3.40. The molecule has 0 bridgehead atoms. The average molecular weight is 339 g/mol. The van der Waals surface area contributed by atoms with Gasteiger partial charge in [-0.1, -0.05) is 62.7 Å². The van der Waals surface area contributed by atoms with Gasteiger partial charge in [-0.2, -0.15) is 5.26 Å². The van der Waals surface area contributed by atoms with Gasteiger partial charge in [-0.3, -0.25) is 0 Å². The van der Waals surface area contributed by atoms with E-state index in [0.717, 1.165) is 11.1 Å². The van der Waals surface area contributed by atoms with E-state index in [4.69, 9.17) is 0 Å². The predicted octanol–water partition coefficient (Wildman–Crippen LogP) is 4.63. The topological polar surface area (TPSA) is 57.9 Å². The minimum Gasteiger partial charge on any atom is -0.218 e. The van der Waals surface area contributed by atoms with Crippen molar-refractivity contribution in [3.8, 4) is 6.07 Å². The Hall–Kier alpha value is -2.38. The smallest absolute Gasteiger partial charge is 0.216 e. The summed E-state index contributed by atoms with van der Waals surface area (Å²) in [6.45, 7) is 8.22. The maximum atomic E-state index is 12.6. The zero-order valence-corrected chi connectivity index (χ0v) is 15.2. The summed E-state index contributed by atoms with van der Waals surface area (Å²) in [5.41, 5.74) is 2.83. The zero-order valence-electron chi connectivity index (χ0n) is 14.4. The van der Waals surface area contributed by atoms with Gasteiger partial charge in [0.2, 0.25) is 9.84 Å². The molecule has 0 aliphatic carbocycles. The third kappa shape index (κ3) is 3.93. The number of nitrogens with zero attached hydrogens (tertiary/aromatic N) is 1. The third-order valence-electron chi connectivity index (χ3n) is 3.81. The maximum absolute atomic E-state index is 12.6. The van der Waals surface area contributed by atoms with Gasteiger partial charge in [-0.15, -0.1) is 0 Å². The van der Waals surface area contributed by atoms with Crippen LogP contribution in [-0.4, -0.2) is 8.42 Å². The van der Waals surface area contributed by atoms with E-state index in [-0.39, 0.29) is 15.2 Å². The number of aryl methyl sites for hydroxylation is 1. The number of benzene rings is 2. The van der Waals surface area contributed by atoms with Crippen LogP contribution in [0.2, 0.25) is 0 Å². The molecule has 0 N–H and O–H groups in total. The van der Waals surface area contributed by atoms with Crippen LogP contribution in [0.1, 0.15) is 37.5 Å². The highest BCUT2D eigenvalue weighted by Crippen LogP contribution is 2.25. The number of allylic oxidation sites excluding steroid dienone is 1. The molecular weight excluding hydrogens is 318 g/mol. The number of hydrogen-bond donors (Lipinski definition) is 0. The van der Waals surface area contributed by atoms with Crippen molar-refractivity contribution >= 4 is 15.9 Å². The Balaban J connectivity index is 2.42. The summed E-state index contributed by atoms with van der Waals surface area (Å²) in [6.07, 6.45) is 1.42. The van der Waals surface area contributed by atoms with E-state index in [1.165, 1.54) is 18.2 Å². The molecule has 24 heavy (non-hydrogen) atoms. The van der Waals surface area contributed by atoms with Crippen molar-refractivity contribution in [2.75, 3.05) is 0 Å². The van der Waals surface area contributed by atoms with Crippen molar-refractivity contribution in [3.63, 3.8) is 0 Å². The largest absolute Gasteiger partial charge is 0.218 e. The molecule has 124 valence electrons. The van der Waals surface area contributed by atoms with E-state index in [9.17, 15) is 13.7 Å². The van der Waals surface area contributed by atoms with Crippen LogP contribution in [0.3, 0.4) is 0 Å². The summed E-state index contributed by atoms with van der Waals surface area (Å²) >= 11 is 0. The van der Waals surface area contributed by atoms with Gasteiger partial charge in [0.15, 0.2) is 0 Å². The summed E-state index contributed by atoms with van der Waals surface area (Å²) < 4.78 is 25.2. The van der Waals surface area contributed by atoms with Gasteiger partial charge < -0.3 is 0 Å². The fraction of sp³-hybridized carbons (Fsp3) is 0.250. The van der Waals surface area contributed by atoms with Crippen molar-refractivity contribution in [3.05, 3.63) is 70.1 Å². The normalized spacial score (nSPS) is 12.7. The first-order valence-corrected chi connectivity index (χ1v) is 9.17. The Kier molecular flexibility index (Phi) is 4.96. The Morgan fingerprint density at radius 2 is 1.54 bits per heavy atom. The summed E-state index contributed by atoms with van der Waals surface area (Å²) in [7, 11) is -3.80. The van der Waals surface area contributed by atoms with Gasteiger partial charge in [0.05, 0.1) is 4.90 Å². The average Bonchev–Trinajstić information content (AvgIpc) is 2.52. The number of hydrogen-bond acceptors (Lipinski definition) is 3. The molecule has 0 amide bonds. The molecule has 0 aliphatic rings. The minimum absolute atomic E-state index is 0.0221. The van der Waals surface area contributed by atoms with Crippen LogP contribution < -0.4 is 0 Å². The number of nitriles is 1. The first-order chi connectivity index (χ1) is 11.1. The second-order valence-electron chi connectivity index (χ2n) is 6.81. The SMILES string of the molecule is Cc1ccc(S(=O)(=O)/C(C#N)=C/c2ccc(C(C)(C)C)cc2)cc1. The van der Waals surface area contributed by atoms with E-state index >= 15 is 0 Å². The number of rotatable bonds is 3. The molecule has 0 atom stereocenters. The van der Waals surface area contributed by atoms with Crippen LogP contribution in [0.4, 0.5) is 0 Å². The van der Waals surface area contributed by atoms with Gasteiger partial charge >= 0.3 is 0 Å². The second kappa shape index (κ2) is 6.62. The van der Waals surface area contributed by atoms with Gasteiger partial charge in [-0.25, -0.2) is 8.42 Å². The third-order valence-corrected chi connectivity index (χ3v) is 5.49. The highest BCUT2D eigenvalue weighted by atomic mass is 32.2. The summed E-state index contributed by atoms with van der Waals surface area (Å²) in [5, 5.41) is 9.33. The van der Waals surface area contributed by atoms with E-state index < -0.39 is 9.84 Å². The summed E-state index contributed by atoms with van der Waals surface area (Å²) in [6, 6.07) is 15.9. The molecule has 4 heteroatoms. The van der Waals surface area contributed by atoms with Crippen molar-refractivity contribution in [1.29, 1.82) is 5.26 Å².